The fourth-order valence-electron chi connectivity index (χ4n) is 2.32. The van der Waals surface area contributed by atoms with Crippen molar-refractivity contribution in [3.63, 3.8) is 0 Å². The quantitative estimate of drug-likeness (QED) is 0.926. The standard InChI is InChI=1S/C14H13F2N3O3/c1-7-12(8(2)19(3)18-7)13(20)17-9-4-5-10-11(6-9)22-14(15,16)21-10/h4-6H,1-3H3,(H,17,20). The van der Waals surface area contributed by atoms with Crippen LogP contribution < -0.4 is 14.8 Å². The first-order chi connectivity index (χ1) is 10.3. The molecule has 3 rings (SSSR count). The molecule has 8 heteroatoms. The normalized spacial score (nSPS) is 15.0. The molecule has 0 fully saturated rings. The molecule has 1 amide bonds. The van der Waals surface area contributed by atoms with Gasteiger partial charge in [0.1, 0.15) is 0 Å². The lowest BCUT2D eigenvalue weighted by atomic mass is 10.1. The summed E-state index contributed by atoms with van der Waals surface area (Å²) in [5.74, 6) is -0.562. The van der Waals surface area contributed by atoms with Crippen LogP contribution in [0.2, 0.25) is 0 Å². The number of halogens is 2. The number of nitrogens with one attached hydrogen (secondary N) is 1. The number of hydrogen-bond donors (Lipinski definition) is 1. The van der Waals surface area contributed by atoms with E-state index in [4.69, 9.17) is 0 Å². The van der Waals surface area contributed by atoms with E-state index in [0.717, 1.165) is 0 Å². The van der Waals surface area contributed by atoms with E-state index in [1.54, 1.807) is 25.6 Å². The molecule has 0 unspecified atom stereocenters. The molecule has 0 atom stereocenters. The van der Waals surface area contributed by atoms with Gasteiger partial charge in [0.15, 0.2) is 11.5 Å². The number of hydrogen-bond acceptors (Lipinski definition) is 4. The van der Waals surface area contributed by atoms with Gasteiger partial charge >= 0.3 is 6.29 Å². The van der Waals surface area contributed by atoms with Gasteiger partial charge in [-0.05, 0) is 26.0 Å². The van der Waals surface area contributed by atoms with Crippen LogP contribution >= 0.6 is 0 Å². The lowest BCUT2D eigenvalue weighted by Gasteiger charge is -2.06. The van der Waals surface area contributed by atoms with Crippen LogP contribution in [0.4, 0.5) is 14.5 Å². The number of aryl methyl sites for hydroxylation is 2. The molecule has 2 heterocycles. The van der Waals surface area contributed by atoms with Gasteiger partial charge < -0.3 is 14.8 Å². The lowest BCUT2D eigenvalue weighted by molar-refractivity contribution is -0.286. The van der Waals surface area contributed by atoms with Crippen LogP contribution in [0.1, 0.15) is 21.7 Å². The van der Waals surface area contributed by atoms with Crippen molar-refractivity contribution in [3.8, 4) is 11.5 Å². The molecule has 0 spiro atoms. The first-order valence-corrected chi connectivity index (χ1v) is 6.48. The maximum Gasteiger partial charge on any atom is 0.586 e. The molecule has 0 saturated heterocycles. The number of benzene rings is 1. The highest BCUT2D eigenvalue weighted by Crippen LogP contribution is 2.42. The predicted molar refractivity (Wildman–Crippen MR) is 73.3 cm³/mol. The molecule has 6 nitrogen and oxygen atoms in total. The number of fused-ring (bicyclic) bond motifs is 1. The largest absolute Gasteiger partial charge is 0.586 e. The number of anilines is 1. The van der Waals surface area contributed by atoms with Gasteiger partial charge in [0.2, 0.25) is 0 Å². The number of rotatable bonds is 2. The summed E-state index contributed by atoms with van der Waals surface area (Å²) in [6.45, 7) is 3.50. The average molecular weight is 309 g/mol. The predicted octanol–water partition coefficient (Wildman–Crippen LogP) is 2.61. The minimum Gasteiger partial charge on any atom is -0.395 e. The number of ether oxygens (including phenoxy) is 2. The number of alkyl halides is 2. The molecule has 1 aliphatic heterocycles. The number of aromatic nitrogens is 2. The molecule has 1 aromatic heterocycles. The third-order valence-electron chi connectivity index (χ3n) is 3.40. The van der Waals surface area contributed by atoms with Gasteiger partial charge in [0.25, 0.3) is 5.91 Å². The van der Waals surface area contributed by atoms with E-state index in [0.29, 0.717) is 22.6 Å². The lowest BCUT2D eigenvalue weighted by Crippen LogP contribution is -2.25. The summed E-state index contributed by atoms with van der Waals surface area (Å²) in [7, 11) is 1.74. The summed E-state index contributed by atoms with van der Waals surface area (Å²) in [4.78, 5) is 12.3. The molecule has 2 aromatic rings. The molecule has 0 saturated carbocycles. The van der Waals surface area contributed by atoms with Gasteiger partial charge in [-0.25, -0.2) is 0 Å². The summed E-state index contributed by atoms with van der Waals surface area (Å²) in [6, 6.07) is 4.06. The first-order valence-electron chi connectivity index (χ1n) is 6.48. The third-order valence-corrected chi connectivity index (χ3v) is 3.40. The summed E-state index contributed by atoms with van der Waals surface area (Å²) in [5, 5.41) is 6.80. The fraction of sp³-hybridized carbons (Fsp3) is 0.286. The Morgan fingerprint density at radius 3 is 2.59 bits per heavy atom. The summed E-state index contributed by atoms with van der Waals surface area (Å²) in [6.07, 6.45) is -3.68. The maximum absolute atomic E-state index is 13.0. The fourth-order valence-corrected chi connectivity index (χ4v) is 2.32. The SMILES string of the molecule is Cc1nn(C)c(C)c1C(=O)Nc1ccc2c(c1)OC(F)(F)O2. The van der Waals surface area contributed by atoms with Gasteiger partial charge in [-0.2, -0.15) is 5.10 Å². The molecule has 1 N–H and O–H groups in total. The van der Waals surface area contributed by atoms with Crippen molar-refractivity contribution in [2.24, 2.45) is 7.05 Å². The van der Waals surface area contributed by atoms with Gasteiger partial charge in [0.05, 0.1) is 11.3 Å². The topological polar surface area (TPSA) is 65.4 Å². The van der Waals surface area contributed by atoms with Crippen LogP contribution in [0.25, 0.3) is 0 Å². The van der Waals surface area contributed by atoms with Crippen molar-refractivity contribution < 1.29 is 23.0 Å². The molecule has 22 heavy (non-hydrogen) atoms. The van der Waals surface area contributed by atoms with Crippen LogP contribution in [0.15, 0.2) is 18.2 Å². The Bertz CT molecular complexity index is 771. The van der Waals surface area contributed by atoms with E-state index in [1.807, 2.05) is 0 Å². The molecule has 0 radical (unpaired) electrons. The zero-order valence-electron chi connectivity index (χ0n) is 12.1. The van der Waals surface area contributed by atoms with Crippen molar-refractivity contribution in [2.75, 3.05) is 5.32 Å². The monoisotopic (exact) mass is 309 g/mol. The minimum atomic E-state index is -3.68. The van der Waals surface area contributed by atoms with E-state index in [2.05, 4.69) is 19.9 Å². The molecule has 1 aromatic carbocycles. The number of amides is 1. The van der Waals surface area contributed by atoms with Crippen LogP contribution in [0.3, 0.4) is 0 Å². The highest BCUT2D eigenvalue weighted by Gasteiger charge is 2.43. The van der Waals surface area contributed by atoms with E-state index in [1.165, 1.54) is 18.2 Å². The molecular formula is C14H13F2N3O3. The van der Waals surface area contributed by atoms with Crippen molar-refractivity contribution in [2.45, 2.75) is 20.1 Å². The highest BCUT2D eigenvalue weighted by molar-refractivity contribution is 6.06. The Morgan fingerprint density at radius 2 is 1.95 bits per heavy atom. The Morgan fingerprint density at radius 1 is 1.27 bits per heavy atom. The molecule has 116 valence electrons. The highest BCUT2D eigenvalue weighted by atomic mass is 19.3. The van der Waals surface area contributed by atoms with Crippen LogP contribution in [-0.2, 0) is 7.05 Å². The van der Waals surface area contributed by atoms with Gasteiger partial charge in [-0.1, -0.05) is 0 Å². The second kappa shape index (κ2) is 4.69. The van der Waals surface area contributed by atoms with E-state index in [9.17, 15) is 13.6 Å². The maximum atomic E-state index is 13.0. The van der Waals surface area contributed by atoms with Crippen molar-refractivity contribution >= 4 is 11.6 Å². The number of nitrogens with zero attached hydrogens (tertiary/aromatic N) is 2. The Labute approximate surface area is 124 Å². The molecule has 0 aliphatic carbocycles. The van der Waals surface area contributed by atoms with Crippen LogP contribution in [0, 0.1) is 13.8 Å². The average Bonchev–Trinajstić information content (AvgIpc) is 2.84. The number of carbonyl (C=O) groups excluding carboxylic acids is 1. The minimum absolute atomic E-state index is 0.0725. The second-order valence-corrected chi connectivity index (χ2v) is 4.95. The van der Waals surface area contributed by atoms with Gasteiger partial charge in [-0.3, -0.25) is 9.48 Å². The molecular weight excluding hydrogens is 296 g/mol. The molecule has 0 bridgehead atoms. The zero-order valence-corrected chi connectivity index (χ0v) is 12.1. The van der Waals surface area contributed by atoms with Crippen molar-refractivity contribution in [3.05, 3.63) is 35.2 Å². The van der Waals surface area contributed by atoms with Crippen LogP contribution in [0.5, 0.6) is 11.5 Å². The van der Waals surface area contributed by atoms with Gasteiger partial charge in [0, 0.05) is 24.5 Å². The van der Waals surface area contributed by atoms with E-state index in [-0.39, 0.29) is 17.4 Å². The van der Waals surface area contributed by atoms with Crippen LogP contribution in [-0.4, -0.2) is 22.0 Å². The van der Waals surface area contributed by atoms with Crippen molar-refractivity contribution in [1.82, 2.24) is 9.78 Å². The summed E-state index contributed by atoms with van der Waals surface area (Å²) >= 11 is 0. The number of carbonyl (C=O) groups is 1. The summed E-state index contributed by atoms with van der Waals surface area (Å²) < 4.78 is 36.2. The Kier molecular flexibility index (Phi) is 3.05. The Balaban J connectivity index is 1.84. The van der Waals surface area contributed by atoms with Gasteiger partial charge in [-0.15, -0.1) is 8.78 Å². The zero-order chi connectivity index (χ0) is 16.1. The first kappa shape index (κ1) is 14.3. The van der Waals surface area contributed by atoms with E-state index >= 15 is 0 Å². The Hall–Kier alpha value is -2.64. The second-order valence-electron chi connectivity index (χ2n) is 4.95. The third kappa shape index (κ3) is 2.36. The van der Waals surface area contributed by atoms with Crippen molar-refractivity contribution in [1.29, 1.82) is 0 Å². The van der Waals surface area contributed by atoms with E-state index < -0.39 is 6.29 Å². The smallest absolute Gasteiger partial charge is 0.395 e. The summed E-state index contributed by atoms with van der Waals surface area (Å²) in [5.41, 5.74) is 2.07. The molecule has 1 aliphatic rings.